The number of carbonyl (C=O) groups is 1. The molecule has 0 bridgehead atoms. The van der Waals surface area contributed by atoms with Gasteiger partial charge in [0.05, 0.1) is 37.8 Å². The van der Waals surface area contributed by atoms with Crippen molar-refractivity contribution >= 4 is 44.2 Å². The second kappa shape index (κ2) is 13.3. The number of anilines is 3. The summed E-state index contributed by atoms with van der Waals surface area (Å²) in [6.07, 6.45) is 2.57. The van der Waals surface area contributed by atoms with Gasteiger partial charge in [-0.2, -0.15) is 0 Å². The van der Waals surface area contributed by atoms with Crippen LogP contribution >= 0.6 is 0 Å². The van der Waals surface area contributed by atoms with Gasteiger partial charge in [-0.25, -0.2) is 41.3 Å². The van der Waals surface area contributed by atoms with Gasteiger partial charge in [0, 0.05) is 62.2 Å². The number of pyridine rings is 1. The molecular weight excluding hydrogens is 657 g/mol. The molecule has 0 amide bonds. The predicted molar refractivity (Wildman–Crippen MR) is 170 cm³/mol. The Morgan fingerprint density at radius 1 is 1.00 bits per heavy atom. The van der Waals surface area contributed by atoms with Gasteiger partial charge in [0.25, 0.3) is 0 Å². The summed E-state index contributed by atoms with van der Waals surface area (Å²) >= 11 is 0. The maximum atomic E-state index is 15.3. The predicted octanol–water partition coefficient (Wildman–Crippen LogP) is 4.07. The molecule has 0 radical (unpaired) electrons. The van der Waals surface area contributed by atoms with Crippen LogP contribution in [0, 0.1) is 17.5 Å². The summed E-state index contributed by atoms with van der Waals surface area (Å²) in [4.78, 5) is 28.4. The number of sulfonamides is 1. The van der Waals surface area contributed by atoms with E-state index in [4.69, 9.17) is 29.3 Å². The number of nitrogens with one attached hydrogen (secondary N) is 1. The second-order valence-corrected chi connectivity index (χ2v) is 13.1. The van der Waals surface area contributed by atoms with Crippen LogP contribution in [0.2, 0.25) is 0 Å². The van der Waals surface area contributed by atoms with Crippen LogP contribution in [0.15, 0.2) is 36.5 Å². The first-order valence-corrected chi connectivity index (χ1v) is 16.8. The monoisotopic (exact) mass is 688 g/mol. The van der Waals surface area contributed by atoms with E-state index in [1.807, 2.05) is 4.90 Å². The molecular formula is C31H31F3N6O7S. The highest BCUT2D eigenvalue weighted by atomic mass is 32.2. The molecule has 2 aromatic carbocycles. The van der Waals surface area contributed by atoms with Crippen molar-refractivity contribution in [2.75, 3.05) is 67.3 Å². The van der Waals surface area contributed by atoms with Crippen molar-refractivity contribution < 1.29 is 45.7 Å². The Bertz CT molecular complexity index is 1960. The number of piperidine rings is 1. The average Bonchev–Trinajstić information content (AvgIpc) is 3.04. The summed E-state index contributed by atoms with van der Waals surface area (Å²) in [6.45, 7) is 2.23. The molecule has 2 N–H and O–H groups in total. The van der Waals surface area contributed by atoms with E-state index in [9.17, 15) is 22.0 Å². The lowest BCUT2D eigenvalue weighted by atomic mass is 10.0. The third kappa shape index (κ3) is 7.01. The van der Waals surface area contributed by atoms with Crippen molar-refractivity contribution in [3.05, 3.63) is 59.5 Å². The second-order valence-electron chi connectivity index (χ2n) is 11.3. The number of benzene rings is 2. The Labute approximate surface area is 273 Å². The van der Waals surface area contributed by atoms with Gasteiger partial charge in [-0.05, 0) is 24.3 Å². The van der Waals surface area contributed by atoms with Gasteiger partial charge in [-0.3, -0.25) is 4.72 Å². The smallest absolute Gasteiger partial charge is 0.335 e. The molecule has 2 aliphatic rings. The van der Waals surface area contributed by atoms with Crippen molar-refractivity contribution in [1.29, 1.82) is 0 Å². The van der Waals surface area contributed by atoms with Gasteiger partial charge in [-0.1, -0.05) is 0 Å². The summed E-state index contributed by atoms with van der Waals surface area (Å²) < 4.78 is 88.3. The minimum Gasteiger partial charge on any atom is -0.488 e. The van der Waals surface area contributed by atoms with Crippen LogP contribution in [0.3, 0.4) is 0 Å². The quantitative estimate of drug-likeness (QED) is 0.260. The van der Waals surface area contributed by atoms with E-state index in [0.29, 0.717) is 56.2 Å². The van der Waals surface area contributed by atoms with Crippen LogP contribution in [0.1, 0.15) is 23.2 Å². The van der Waals surface area contributed by atoms with Gasteiger partial charge in [0.2, 0.25) is 21.9 Å². The molecule has 0 unspecified atom stereocenters. The molecule has 4 aromatic rings. The van der Waals surface area contributed by atoms with Crippen LogP contribution in [0.25, 0.3) is 22.2 Å². The lowest BCUT2D eigenvalue weighted by Gasteiger charge is -2.34. The molecule has 2 aromatic heterocycles. The highest BCUT2D eigenvalue weighted by Gasteiger charge is 2.28. The first-order chi connectivity index (χ1) is 22.9. The first kappa shape index (κ1) is 33.0. The molecule has 0 spiro atoms. The molecule has 4 heterocycles. The van der Waals surface area contributed by atoms with Gasteiger partial charge in [0.15, 0.2) is 0 Å². The number of ether oxygens (including phenoxy) is 3. The number of methoxy groups -OCH3 is 1. The summed E-state index contributed by atoms with van der Waals surface area (Å²) in [5, 5.41) is 9.39. The minimum atomic E-state index is -3.71. The highest BCUT2D eigenvalue weighted by molar-refractivity contribution is 7.92. The lowest BCUT2D eigenvalue weighted by molar-refractivity contribution is 0.0695. The van der Waals surface area contributed by atoms with Crippen LogP contribution in [0.5, 0.6) is 11.6 Å². The number of carboxylic acid groups (broad SMARTS) is 1. The summed E-state index contributed by atoms with van der Waals surface area (Å²) in [5.74, 6) is -3.58. The fourth-order valence-electron chi connectivity index (χ4n) is 5.76. The van der Waals surface area contributed by atoms with E-state index in [-0.39, 0.29) is 47.2 Å². The van der Waals surface area contributed by atoms with Gasteiger partial charge in [0.1, 0.15) is 46.2 Å². The number of hydrogen-bond acceptors (Lipinski definition) is 11. The summed E-state index contributed by atoms with van der Waals surface area (Å²) in [7, 11) is -2.37. The molecule has 48 heavy (non-hydrogen) atoms. The number of rotatable bonds is 9. The van der Waals surface area contributed by atoms with E-state index >= 15 is 4.39 Å². The fourth-order valence-corrected chi connectivity index (χ4v) is 6.30. The highest BCUT2D eigenvalue weighted by Crippen LogP contribution is 2.38. The lowest BCUT2D eigenvalue weighted by Crippen LogP contribution is -2.39. The molecule has 6 rings (SSSR count). The molecule has 254 valence electrons. The number of fused-ring (bicyclic) bond motifs is 1. The third-order valence-corrected chi connectivity index (χ3v) is 8.53. The number of morpholine rings is 1. The SMILES string of the molecule is COc1ncc(-c2nc(N3CCOCC3)nc3c(OC4CCN(c5c(F)cc(C(=O)O)cc5F)CC4)cc(F)cc23)cc1NS(C)(=O)=O. The fraction of sp³-hybridized carbons (Fsp3) is 0.355. The zero-order valence-electron chi connectivity index (χ0n) is 25.9. The molecule has 2 fully saturated rings. The van der Waals surface area contributed by atoms with Gasteiger partial charge in [-0.15, -0.1) is 0 Å². The van der Waals surface area contributed by atoms with Crippen LogP contribution in [-0.2, 0) is 14.8 Å². The Morgan fingerprint density at radius 3 is 2.31 bits per heavy atom. The topological polar surface area (TPSA) is 156 Å². The molecule has 2 aliphatic heterocycles. The summed E-state index contributed by atoms with van der Waals surface area (Å²) in [5.41, 5.74) is 0.160. The van der Waals surface area contributed by atoms with Crippen LogP contribution < -0.4 is 24.0 Å². The van der Waals surface area contributed by atoms with E-state index in [1.54, 1.807) is 0 Å². The average molecular weight is 689 g/mol. The largest absolute Gasteiger partial charge is 0.488 e. The first-order valence-electron chi connectivity index (χ1n) is 14.9. The van der Waals surface area contributed by atoms with Gasteiger partial charge < -0.3 is 29.1 Å². The van der Waals surface area contributed by atoms with E-state index in [2.05, 4.69) is 9.71 Å². The van der Waals surface area contributed by atoms with E-state index in [1.165, 1.54) is 36.4 Å². The number of halogens is 3. The minimum absolute atomic E-state index is 0.0232. The third-order valence-electron chi connectivity index (χ3n) is 7.94. The number of aromatic carboxylic acids is 1. The maximum Gasteiger partial charge on any atom is 0.335 e. The van der Waals surface area contributed by atoms with E-state index in [0.717, 1.165) is 18.4 Å². The standard InChI is InChI=1S/C31H31F3N6O7S/c1-45-29-24(38-48(2,43)44)13-18(16-35-29)26-21-14-19(32)15-25(27(21)37-31(36-26)40-7-9-46-10-8-40)47-20-3-5-39(6-4-20)28-22(33)11-17(30(41)42)12-23(28)34/h11-16,20,38H,3-10H2,1-2H3,(H,41,42). The van der Waals surface area contributed by atoms with E-state index < -0.39 is 45.1 Å². The zero-order valence-corrected chi connectivity index (χ0v) is 26.7. The zero-order chi connectivity index (χ0) is 34.2. The van der Waals surface area contributed by atoms with Crippen molar-refractivity contribution in [3.8, 4) is 22.9 Å². The van der Waals surface area contributed by atoms with Crippen LogP contribution in [-0.4, -0.2) is 93.3 Å². The number of nitrogens with zero attached hydrogens (tertiary/aromatic N) is 5. The molecule has 13 nitrogen and oxygen atoms in total. The Morgan fingerprint density at radius 2 is 1.69 bits per heavy atom. The molecule has 17 heteroatoms. The van der Waals surface area contributed by atoms with Crippen molar-refractivity contribution in [2.45, 2.75) is 18.9 Å². The Kier molecular flexibility index (Phi) is 9.15. The maximum absolute atomic E-state index is 15.3. The Hall–Kier alpha value is -4.90. The van der Waals surface area contributed by atoms with Crippen molar-refractivity contribution in [1.82, 2.24) is 15.0 Å². The molecule has 0 aliphatic carbocycles. The van der Waals surface area contributed by atoms with Gasteiger partial charge >= 0.3 is 5.97 Å². The van der Waals surface area contributed by atoms with Crippen LogP contribution in [0.4, 0.5) is 30.5 Å². The molecule has 0 saturated carbocycles. The summed E-state index contributed by atoms with van der Waals surface area (Å²) in [6, 6.07) is 5.51. The number of carboxylic acids is 1. The number of hydrogen-bond donors (Lipinski definition) is 2. The number of aromatic nitrogens is 3. The molecule has 2 saturated heterocycles. The van der Waals surface area contributed by atoms with Crippen molar-refractivity contribution in [2.24, 2.45) is 0 Å². The normalized spacial score (nSPS) is 15.9. The molecule has 0 atom stereocenters. The Balaban J connectivity index is 1.36. The van der Waals surface area contributed by atoms with Crippen molar-refractivity contribution in [3.63, 3.8) is 0 Å².